The summed E-state index contributed by atoms with van der Waals surface area (Å²) < 4.78 is 0. The highest BCUT2D eigenvalue weighted by atomic mass is 35.5. The Kier molecular flexibility index (Phi) is 10.9. The lowest BCUT2D eigenvalue weighted by Crippen LogP contribution is -2.47. The average molecular weight is 439 g/mol. The topological polar surface area (TPSA) is 40.6 Å². The fourth-order valence-electron chi connectivity index (χ4n) is 3.45. The number of allylic oxidation sites excluding steroid dienone is 2. The molecule has 1 heterocycles. The van der Waals surface area contributed by atoms with E-state index >= 15 is 0 Å². The van der Waals surface area contributed by atoms with Crippen LogP contribution in [0.15, 0.2) is 72.8 Å². The number of carbonyl (C=O) groups excluding carboxylic acids is 2. The molecule has 1 aliphatic heterocycles. The van der Waals surface area contributed by atoms with Crippen LogP contribution in [0.1, 0.15) is 24.0 Å². The second-order valence-corrected chi connectivity index (χ2v) is 7.60. The van der Waals surface area contributed by atoms with Gasteiger partial charge in [-0.1, -0.05) is 72.8 Å². The molecule has 2 aromatic carbocycles. The first kappa shape index (κ1) is 24.7. The predicted octanol–water partition coefficient (Wildman–Crippen LogP) is 4.37. The number of halogens is 1. The minimum absolute atomic E-state index is 0. The molecule has 0 aliphatic carbocycles. The molecule has 1 saturated heterocycles. The van der Waals surface area contributed by atoms with Gasteiger partial charge in [0, 0.05) is 52.1 Å². The molecule has 1 aliphatic rings. The molecule has 0 saturated carbocycles. The van der Waals surface area contributed by atoms with Gasteiger partial charge in [-0.05, 0) is 23.3 Å². The predicted molar refractivity (Wildman–Crippen MR) is 130 cm³/mol. The van der Waals surface area contributed by atoms with E-state index in [-0.39, 0.29) is 24.0 Å². The smallest absolute Gasteiger partial charge is 0.156 e. The summed E-state index contributed by atoms with van der Waals surface area (Å²) in [6.45, 7) is 5.38. The summed E-state index contributed by atoms with van der Waals surface area (Å²) in [6.07, 6.45) is 8.21. The molecule has 0 bridgehead atoms. The third kappa shape index (κ3) is 9.43. The standard InChI is InChI=1S/C26H30N2O2.ClH/c29-25(13-11-23-7-3-1-4-8-23)15-17-27-19-21-28(22-20-27)18-16-26(30)14-12-24-9-5-2-6-10-24;/h1-14H,15-22H2;1H. The zero-order valence-electron chi connectivity index (χ0n) is 17.9. The highest BCUT2D eigenvalue weighted by Crippen LogP contribution is 2.07. The molecule has 0 atom stereocenters. The molecular weight excluding hydrogens is 408 g/mol. The molecule has 0 N–H and O–H groups in total. The monoisotopic (exact) mass is 438 g/mol. The second kappa shape index (κ2) is 13.7. The minimum Gasteiger partial charge on any atom is -0.300 e. The van der Waals surface area contributed by atoms with Gasteiger partial charge in [0.05, 0.1) is 0 Å². The number of nitrogens with zero attached hydrogens (tertiary/aromatic N) is 2. The summed E-state index contributed by atoms with van der Waals surface area (Å²) in [4.78, 5) is 28.9. The van der Waals surface area contributed by atoms with Crippen molar-refractivity contribution < 1.29 is 9.59 Å². The zero-order valence-corrected chi connectivity index (χ0v) is 18.7. The normalized spacial score (nSPS) is 15.2. The summed E-state index contributed by atoms with van der Waals surface area (Å²) in [7, 11) is 0. The van der Waals surface area contributed by atoms with E-state index in [1.807, 2.05) is 72.8 Å². The van der Waals surface area contributed by atoms with Crippen LogP contribution in [-0.2, 0) is 9.59 Å². The summed E-state index contributed by atoms with van der Waals surface area (Å²) in [5.74, 6) is 0.328. The first-order valence-corrected chi connectivity index (χ1v) is 10.7. The number of piperazine rings is 1. The molecule has 0 unspecified atom stereocenters. The van der Waals surface area contributed by atoms with Gasteiger partial charge in [-0.2, -0.15) is 0 Å². The van der Waals surface area contributed by atoms with Gasteiger partial charge >= 0.3 is 0 Å². The molecule has 0 aromatic heterocycles. The molecule has 5 heteroatoms. The van der Waals surface area contributed by atoms with E-state index in [0.717, 1.165) is 50.4 Å². The van der Waals surface area contributed by atoms with Crippen LogP contribution in [0.25, 0.3) is 12.2 Å². The SMILES string of the molecule is Cl.O=C(C=Cc1ccccc1)CCN1CCN(CCC(=O)C=Cc2ccccc2)CC1. The third-order valence-corrected chi connectivity index (χ3v) is 5.34. The molecule has 1 fully saturated rings. The Bertz CT molecular complexity index is 784. The summed E-state index contributed by atoms with van der Waals surface area (Å²) in [5.41, 5.74) is 2.10. The van der Waals surface area contributed by atoms with Crippen LogP contribution in [0.2, 0.25) is 0 Å². The van der Waals surface area contributed by atoms with Crippen LogP contribution in [0, 0.1) is 0 Å². The molecule has 31 heavy (non-hydrogen) atoms. The first-order valence-electron chi connectivity index (χ1n) is 10.7. The highest BCUT2D eigenvalue weighted by molar-refractivity contribution is 5.94. The Balaban J connectivity index is 0.00000341. The van der Waals surface area contributed by atoms with Crippen molar-refractivity contribution >= 4 is 36.1 Å². The van der Waals surface area contributed by atoms with Crippen LogP contribution in [0.4, 0.5) is 0 Å². The lowest BCUT2D eigenvalue weighted by atomic mass is 10.1. The number of carbonyl (C=O) groups is 2. The molecular formula is C26H31ClN2O2. The van der Waals surface area contributed by atoms with Crippen molar-refractivity contribution in [2.24, 2.45) is 0 Å². The molecule has 0 radical (unpaired) electrons. The van der Waals surface area contributed by atoms with Crippen molar-refractivity contribution in [3.05, 3.63) is 83.9 Å². The fourth-order valence-corrected chi connectivity index (χ4v) is 3.45. The summed E-state index contributed by atoms with van der Waals surface area (Å²) in [5, 5.41) is 0. The largest absolute Gasteiger partial charge is 0.300 e. The maximum atomic E-state index is 12.1. The van der Waals surface area contributed by atoms with Crippen LogP contribution in [0.5, 0.6) is 0 Å². The van der Waals surface area contributed by atoms with Crippen molar-refractivity contribution in [2.75, 3.05) is 39.3 Å². The van der Waals surface area contributed by atoms with E-state index < -0.39 is 0 Å². The van der Waals surface area contributed by atoms with Crippen LogP contribution < -0.4 is 0 Å². The van der Waals surface area contributed by atoms with Gasteiger partial charge in [0.25, 0.3) is 0 Å². The lowest BCUT2D eigenvalue weighted by molar-refractivity contribution is -0.116. The van der Waals surface area contributed by atoms with Gasteiger partial charge in [0.15, 0.2) is 11.6 Å². The van der Waals surface area contributed by atoms with Crippen LogP contribution in [-0.4, -0.2) is 60.6 Å². The van der Waals surface area contributed by atoms with Gasteiger partial charge in [-0.15, -0.1) is 12.4 Å². The zero-order chi connectivity index (χ0) is 21.0. The fraction of sp³-hybridized carbons (Fsp3) is 0.308. The third-order valence-electron chi connectivity index (χ3n) is 5.34. The quantitative estimate of drug-likeness (QED) is 0.516. The van der Waals surface area contributed by atoms with E-state index in [1.165, 1.54) is 0 Å². The number of hydrogen-bond acceptors (Lipinski definition) is 4. The molecule has 2 aromatic rings. The van der Waals surface area contributed by atoms with Crippen LogP contribution >= 0.6 is 12.4 Å². The number of hydrogen-bond donors (Lipinski definition) is 0. The molecule has 0 amide bonds. The van der Waals surface area contributed by atoms with Crippen molar-refractivity contribution in [3.63, 3.8) is 0 Å². The Morgan fingerprint density at radius 3 is 1.35 bits per heavy atom. The summed E-state index contributed by atoms with van der Waals surface area (Å²) in [6, 6.07) is 19.8. The molecule has 164 valence electrons. The van der Waals surface area contributed by atoms with E-state index in [9.17, 15) is 9.59 Å². The van der Waals surface area contributed by atoms with Crippen molar-refractivity contribution in [3.8, 4) is 0 Å². The van der Waals surface area contributed by atoms with E-state index in [2.05, 4.69) is 9.80 Å². The van der Waals surface area contributed by atoms with Gasteiger partial charge in [0.2, 0.25) is 0 Å². The minimum atomic E-state index is 0. The molecule has 3 rings (SSSR count). The van der Waals surface area contributed by atoms with E-state index in [4.69, 9.17) is 0 Å². The maximum absolute atomic E-state index is 12.1. The van der Waals surface area contributed by atoms with Crippen molar-refractivity contribution in [1.29, 1.82) is 0 Å². The van der Waals surface area contributed by atoms with E-state index in [1.54, 1.807) is 12.2 Å². The Morgan fingerprint density at radius 1 is 0.645 bits per heavy atom. The molecule has 4 nitrogen and oxygen atoms in total. The van der Waals surface area contributed by atoms with Crippen molar-refractivity contribution in [2.45, 2.75) is 12.8 Å². The number of ketones is 2. The Morgan fingerprint density at radius 2 is 1.00 bits per heavy atom. The number of benzene rings is 2. The van der Waals surface area contributed by atoms with Gasteiger partial charge in [0.1, 0.15) is 0 Å². The molecule has 0 spiro atoms. The van der Waals surface area contributed by atoms with Gasteiger partial charge in [-0.3, -0.25) is 9.59 Å². The van der Waals surface area contributed by atoms with Crippen molar-refractivity contribution in [1.82, 2.24) is 9.80 Å². The average Bonchev–Trinajstić information content (AvgIpc) is 2.80. The Labute approximate surface area is 191 Å². The Hall–Kier alpha value is -2.53. The maximum Gasteiger partial charge on any atom is 0.156 e. The van der Waals surface area contributed by atoms with Gasteiger partial charge < -0.3 is 9.80 Å². The van der Waals surface area contributed by atoms with Crippen LogP contribution in [0.3, 0.4) is 0 Å². The van der Waals surface area contributed by atoms with Gasteiger partial charge in [-0.25, -0.2) is 0 Å². The first-order chi connectivity index (χ1) is 14.7. The highest BCUT2D eigenvalue weighted by Gasteiger charge is 2.17. The van der Waals surface area contributed by atoms with E-state index in [0.29, 0.717) is 12.8 Å². The second-order valence-electron chi connectivity index (χ2n) is 7.60. The number of rotatable bonds is 10. The summed E-state index contributed by atoms with van der Waals surface area (Å²) >= 11 is 0. The lowest BCUT2D eigenvalue weighted by Gasteiger charge is -2.34.